The number of hydrogen-bond acceptors (Lipinski definition) is 2. The van der Waals surface area contributed by atoms with Crippen molar-refractivity contribution in [1.82, 2.24) is 5.32 Å². The molecular formula is C12H16BrFN2. The van der Waals surface area contributed by atoms with Gasteiger partial charge in [-0.05, 0) is 37.6 Å². The van der Waals surface area contributed by atoms with Crippen molar-refractivity contribution in [2.45, 2.75) is 18.5 Å². The minimum Gasteiger partial charge on any atom is -0.382 e. The first-order valence-corrected chi connectivity index (χ1v) is 6.36. The fraction of sp³-hybridized carbons (Fsp3) is 0.500. The van der Waals surface area contributed by atoms with Crippen LogP contribution in [-0.2, 0) is 0 Å². The molecule has 0 amide bonds. The van der Waals surface area contributed by atoms with E-state index in [0.717, 1.165) is 23.1 Å². The van der Waals surface area contributed by atoms with Crippen molar-refractivity contribution in [2.75, 3.05) is 25.0 Å². The summed E-state index contributed by atoms with van der Waals surface area (Å²) < 4.78 is 15.2. The van der Waals surface area contributed by atoms with Gasteiger partial charge in [0.1, 0.15) is 5.67 Å². The second-order valence-electron chi connectivity index (χ2n) is 4.30. The van der Waals surface area contributed by atoms with Crippen LogP contribution >= 0.6 is 15.9 Å². The molecule has 0 aliphatic carbocycles. The topological polar surface area (TPSA) is 24.1 Å². The molecule has 88 valence electrons. The summed E-state index contributed by atoms with van der Waals surface area (Å²) in [4.78, 5) is 0. The van der Waals surface area contributed by atoms with Crippen molar-refractivity contribution in [3.63, 3.8) is 0 Å². The van der Waals surface area contributed by atoms with E-state index in [4.69, 9.17) is 0 Å². The lowest BCUT2D eigenvalue weighted by Crippen LogP contribution is -2.46. The molecule has 1 saturated heterocycles. The van der Waals surface area contributed by atoms with Crippen molar-refractivity contribution in [3.8, 4) is 0 Å². The van der Waals surface area contributed by atoms with Gasteiger partial charge in [0.2, 0.25) is 0 Å². The smallest absolute Gasteiger partial charge is 0.140 e. The van der Waals surface area contributed by atoms with E-state index in [0.29, 0.717) is 19.5 Å². The van der Waals surface area contributed by atoms with Gasteiger partial charge in [-0.3, -0.25) is 0 Å². The van der Waals surface area contributed by atoms with Crippen molar-refractivity contribution in [1.29, 1.82) is 0 Å². The summed E-state index contributed by atoms with van der Waals surface area (Å²) in [6.07, 6.45) is 1.55. The molecule has 1 aromatic rings. The Labute approximate surface area is 104 Å². The van der Waals surface area contributed by atoms with Crippen molar-refractivity contribution >= 4 is 21.6 Å². The number of hydrogen-bond donors (Lipinski definition) is 2. The molecule has 1 heterocycles. The van der Waals surface area contributed by atoms with Gasteiger partial charge in [-0.25, -0.2) is 4.39 Å². The minimum atomic E-state index is -1.11. The van der Waals surface area contributed by atoms with E-state index in [1.54, 1.807) is 0 Å². The lowest BCUT2D eigenvalue weighted by atomic mass is 9.96. The van der Waals surface area contributed by atoms with Gasteiger partial charge in [0.15, 0.2) is 0 Å². The number of alkyl halides is 1. The maximum atomic E-state index is 14.2. The van der Waals surface area contributed by atoms with E-state index in [9.17, 15) is 4.39 Å². The Morgan fingerprint density at radius 3 is 3.06 bits per heavy atom. The van der Waals surface area contributed by atoms with E-state index in [2.05, 4.69) is 26.6 Å². The molecule has 1 unspecified atom stereocenters. The summed E-state index contributed by atoms with van der Waals surface area (Å²) in [5.74, 6) is 0. The van der Waals surface area contributed by atoms with Gasteiger partial charge < -0.3 is 10.6 Å². The molecule has 0 aromatic heterocycles. The Morgan fingerprint density at radius 2 is 2.38 bits per heavy atom. The zero-order chi connectivity index (χ0) is 11.4. The van der Waals surface area contributed by atoms with E-state index in [1.807, 2.05) is 24.3 Å². The molecule has 1 atom stereocenters. The highest BCUT2D eigenvalue weighted by atomic mass is 79.9. The average molecular weight is 287 g/mol. The van der Waals surface area contributed by atoms with Crippen LogP contribution in [0.15, 0.2) is 28.7 Å². The second kappa shape index (κ2) is 5.15. The minimum absolute atomic E-state index is 0.371. The maximum Gasteiger partial charge on any atom is 0.140 e. The monoisotopic (exact) mass is 286 g/mol. The van der Waals surface area contributed by atoms with E-state index in [1.165, 1.54) is 0 Å². The summed E-state index contributed by atoms with van der Waals surface area (Å²) in [5.41, 5.74) is -0.155. The largest absolute Gasteiger partial charge is 0.382 e. The van der Waals surface area contributed by atoms with Crippen molar-refractivity contribution in [3.05, 3.63) is 28.7 Å². The Balaban J connectivity index is 1.91. The molecule has 0 radical (unpaired) electrons. The van der Waals surface area contributed by atoms with Crippen LogP contribution in [-0.4, -0.2) is 25.3 Å². The predicted molar refractivity (Wildman–Crippen MR) is 68.6 cm³/mol. The Kier molecular flexibility index (Phi) is 3.82. The summed E-state index contributed by atoms with van der Waals surface area (Å²) in [7, 11) is 0. The normalized spacial score (nSPS) is 25.4. The molecule has 0 bridgehead atoms. The van der Waals surface area contributed by atoms with Gasteiger partial charge in [-0.1, -0.05) is 22.0 Å². The Morgan fingerprint density at radius 1 is 1.50 bits per heavy atom. The van der Waals surface area contributed by atoms with Crippen LogP contribution in [0.25, 0.3) is 0 Å². The third-order valence-electron chi connectivity index (χ3n) is 2.85. The van der Waals surface area contributed by atoms with Gasteiger partial charge in [0.25, 0.3) is 0 Å². The highest BCUT2D eigenvalue weighted by molar-refractivity contribution is 9.10. The standard InChI is InChI=1S/C12H16BrFN2/c13-10-3-1-4-11(7-10)16-9-12(14)5-2-6-15-8-12/h1,3-4,7,15-16H,2,5-6,8-9H2. The molecule has 4 heteroatoms. The molecule has 1 fully saturated rings. The van der Waals surface area contributed by atoms with Crippen LogP contribution in [0.1, 0.15) is 12.8 Å². The number of rotatable bonds is 3. The number of halogens is 2. The summed E-state index contributed by atoms with van der Waals surface area (Å²) in [6.45, 7) is 1.76. The maximum absolute atomic E-state index is 14.2. The third-order valence-corrected chi connectivity index (χ3v) is 3.35. The molecule has 2 rings (SSSR count). The highest BCUT2D eigenvalue weighted by Gasteiger charge is 2.31. The molecule has 1 aromatic carbocycles. The fourth-order valence-electron chi connectivity index (χ4n) is 1.94. The van der Waals surface area contributed by atoms with Crippen molar-refractivity contribution in [2.24, 2.45) is 0 Å². The summed E-state index contributed by atoms with van der Waals surface area (Å²) in [6, 6.07) is 7.80. The second-order valence-corrected chi connectivity index (χ2v) is 5.21. The molecule has 0 saturated carbocycles. The summed E-state index contributed by atoms with van der Waals surface area (Å²) in [5, 5.41) is 6.25. The molecule has 0 spiro atoms. The predicted octanol–water partition coefficient (Wildman–Crippen LogP) is 2.95. The molecule has 1 aliphatic rings. The third kappa shape index (κ3) is 3.19. The molecule has 16 heavy (non-hydrogen) atoms. The van der Waals surface area contributed by atoms with Crippen LogP contribution in [0.3, 0.4) is 0 Å². The number of piperidine rings is 1. The lowest BCUT2D eigenvalue weighted by molar-refractivity contribution is 0.137. The van der Waals surface area contributed by atoms with E-state index in [-0.39, 0.29) is 0 Å². The lowest BCUT2D eigenvalue weighted by Gasteiger charge is -2.30. The quantitative estimate of drug-likeness (QED) is 0.893. The first kappa shape index (κ1) is 11.9. The van der Waals surface area contributed by atoms with Crippen LogP contribution in [0.5, 0.6) is 0 Å². The summed E-state index contributed by atoms with van der Waals surface area (Å²) >= 11 is 3.40. The molecular weight excluding hydrogens is 271 g/mol. The number of nitrogens with one attached hydrogen (secondary N) is 2. The fourth-order valence-corrected chi connectivity index (χ4v) is 2.34. The van der Waals surface area contributed by atoms with Crippen LogP contribution in [0.4, 0.5) is 10.1 Å². The zero-order valence-electron chi connectivity index (χ0n) is 9.10. The molecule has 2 nitrogen and oxygen atoms in total. The number of benzene rings is 1. The first-order valence-electron chi connectivity index (χ1n) is 5.57. The van der Waals surface area contributed by atoms with Gasteiger partial charge in [0, 0.05) is 16.7 Å². The molecule has 1 aliphatic heterocycles. The molecule has 2 N–H and O–H groups in total. The van der Waals surface area contributed by atoms with E-state index < -0.39 is 5.67 Å². The van der Waals surface area contributed by atoms with Gasteiger partial charge in [0.05, 0.1) is 6.54 Å². The van der Waals surface area contributed by atoms with Gasteiger partial charge in [-0.2, -0.15) is 0 Å². The SMILES string of the molecule is FC1(CNc2cccc(Br)c2)CCCNC1. The van der Waals surface area contributed by atoms with E-state index >= 15 is 0 Å². The Hall–Kier alpha value is -0.610. The highest BCUT2D eigenvalue weighted by Crippen LogP contribution is 2.22. The van der Waals surface area contributed by atoms with Crippen LogP contribution in [0.2, 0.25) is 0 Å². The van der Waals surface area contributed by atoms with Crippen molar-refractivity contribution < 1.29 is 4.39 Å². The van der Waals surface area contributed by atoms with Gasteiger partial charge in [-0.15, -0.1) is 0 Å². The van der Waals surface area contributed by atoms with Crippen LogP contribution in [0, 0.1) is 0 Å². The Bertz CT molecular complexity index is 351. The first-order chi connectivity index (χ1) is 7.68. The zero-order valence-corrected chi connectivity index (χ0v) is 10.7. The van der Waals surface area contributed by atoms with Gasteiger partial charge >= 0.3 is 0 Å². The van der Waals surface area contributed by atoms with Crippen LogP contribution < -0.4 is 10.6 Å². The average Bonchev–Trinajstić information content (AvgIpc) is 2.28. The number of anilines is 1.